The minimum atomic E-state index is -4.70. The van der Waals surface area contributed by atoms with E-state index in [1.807, 2.05) is 25.5 Å². The largest absolute Gasteiger partial charge is 0.416 e. The van der Waals surface area contributed by atoms with Crippen LogP contribution in [0.1, 0.15) is 36.7 Å². The van der Waals surface area contributed by atoms with Crippen LogP contribution >= 0.6 is 0 Å². The van der Waals surface area contributed by atoms with Gasteiger partial charge in [-0.15, -0.1) is 0 Å². The molecule has 0 spiro atoms. The Hall–Kier alpha value is -2.92. The van der Waals surface area contributed by atoms with Gasteiger partial charge in [-0.05, 0) is 63.2 Å². The Labute approximate surface area is 178 Å². The number of anilines is 1. The molecule has 3 N–H and O–H groups in total. The van der Waals surface area contributed by atoms with E-state index in [2.05, 4.69) is 10.6 Å². The maximum absolute atomic E-state index is 12.8. The minimum absolute atomic E-state index is 0.292. The van der Waals surface area contributed by atoms with Crippen molar-refractivity contribution in [2.24, 2.45) is 0 Å². The number of halogens is 3. The average Bonchev–Trinajstić information content (AvgIpc) is 2.65. The van der Waals surface area contributed by atoms with Crippen molar-refractivity contribution in [2.45, 2.75) is 37.4 Å². The van der Waals surface area contributed by atoms with Crippen molar-refractivity contribution in [3.63, 3.8) is 0 Å². The summed E-state index contributed by atoms with van der Waals surface area (Å²) in [5.74, 6) is -1.03. The van der Waals surface area contributed by atoms with Gasteiger partial charge in [0.2, 0.25) is 15.9 Å². The molecule has 0 aliphatic carbocycles. The van der Waals surface area contributed by atoms with E-state index in [-0.39, 0.29) is 5.91 Å². The molecule has 2 rings (SSSR count). The summed E-state index contributed by atoms with van der Waals surface area (Å²) >= 11 is 0. The lowest BCUT2D eigenvalue weighted by Gasteiger charge is -2.20. The Bertz CT molecular complexity index is 1060. The van der Waals surface area contributed by atoms with Gasteiger partial charge in [0.1, 0.15) is 0 Å². The molecule has 0 saturated carbocycles. The van der Waals surface area contributed by atoms with Gasteiger partial charge in [0.15, 0.2) is 0 Å². The lowest BCUT2D eigenvalue weighted by atomic mass is 10.1. The molecule has 168 valence electrons. The van der Waals surface area contributed by atoms with E-state index in [1.165, 1.54) is 24.3 Å². The summed E-state index contributed by atoms with van der Waals surface area (Å²) in [4.78, 5) is 23.5. The van der Waals surface area contributed by atoms with E-state index in [1.54, 1.807) is 0 Å². The SMILES string of the molecule is CC(C)(C)NC(=O)c1ccc(NC(=O)CNS(=O)(=O)c2cccc(C(F)(F)F)c2)cc1. The summed E-state index contributed by atoms with van der Waals surface area (Å²) < 4.78 is 64.7. The number of carbonyl (C=O) groups is 2. The molecule has 31 heavy (non-hydrogen) atoms. The van der Waals surface area contributed by atoms with Gasteiger partial charge in [0.25, 0.3) is 5.91 Å². The summed E-state index contributed by atoms with van der Waals surface area (Å²) in [5, 5.41) is 5.23. The van der Waals surface area contributed by atoms with E-state index in [9.17, 15) is 31.2 Å². The molecule has 2 aromatic carbocycles. The molecule has 0 radical (unpaired) electrons. The van der Waals surface area contributed by atoms with Gasteiger partial charge in [-0.1, -0.05) is 6.07 Å². The Balaban J connectivity index is 1.98. The van der Waals surface area contributed by atoms with Gasteiger partial charge in [-0.25, -0.2) is 13.1 Å². The molecule has 0 unspecified atom stereocenters. The predicted octanol–water partition coefficient (Wildman–Crippen LogP) is 3.15. The van der Waals surface area contributed by atoms with Gasteiger partial charge in [0, 0.05) is 16.8 Å². The molecule has 0 aliphatic rings. The molecular formula is C20H22F3N3O4S. The van der Waals surface area contributed by atoms with Crippen molar-refractivity contribution in [3.8, 4) is 0 Å². The third kappa shape index (κ3) is 7.37. The molecule has 7 nitrogen and oxygen atoms in total. The number of alkyl halides is 3. The maximum Gasteiger partial charge on any atom is 0.416 e. The second kappa shape index (κ2) is 9.06. The smallest absolute Gasteiger partial charge is 0.347 e. The highest BCUT2D eigenvalue weighted by molar-refractivity contribution is 7.89. The third-order valence-electron chi connectivity index (χ3n) is 3.81. The molecule has 11 heteroatoms. The monoisotopic (exact) mass is 457 g/mol. The Kier molecular flexibility index (Phi) is 7.12. The van der Waals surface area contributed by atoms with Gasteiger partial charge in [0.05, 0.1) is 17.0 Å². The second-order valence-corrected chi connectivity index (χ2v) is 9.45. The zero-order valence-corrected chi connectivity index (χ0v) is 17.8. The van der Waals surface area contributed by atoms with Gasteiger partial charge in [-0.3, -0.25) is 9.59 Å². The first-order chi connectivity index (χ1) is 14.2. The van der Waals surface area contributed by atoms with Crippen LogP contribution in [0.5, 0.6) is 0 Å². The van der Waals surface area contributed by atoms with Crippen LogP contribution in [0.25, 0.3) is 0 Å². The number of sulfonamides is 1. The Morgan fingerprint density at radius 1 is 0.968 bits per heavy atom. The van der Waals surface area contributed by atoms with E-state index in [0.29, 0.717) is 17.3 Å². The average molecular weight is 457 g/mol. The molecule has 2 aromatic rings. The van der Waals surface area contributed by atoms with Crippen LogP contribution in [0, 0.1) is 0 Å². The lowest BCUT2D eigenvalue weighted by molar-refractivity contribution is -0.137. The number of hydrogen-bond acceptors (Lipinski definition) is 4. The number of carbonyl (C=O) groups excluding carboxylic acids is 2. The fourth-order valence-corrected chi connectivity index (χ4v) is 3.43. The zero-order chi connectivity index (χ0) is 23.4. The van der Waals surface area contributed by atoms with Crippen LogP contribution in [-0.2, 0) is 21.0 Å². The normalized spacial score (nSPS) is 12.3. The molecule has 0 heterocycles. The first-order valence-corrected chi connectivity index (χ1v) is 10.5. The summed E-state index contributed by atoms with van der Waals surface area (Å²) in [5.41, 5.74) is -0.843. The fourth-order valence-electron chi connectivity index (χ4n) is 2.41. The van der Waals surface area contributed by atoms with E-state index >= 15 is 0 Å². The van der Waals surface area contributed by atoms with E-state index < -0.39 is 44.6 Å². The maximum atomic E-state index is 12.8. The first kappa shape index (κ1) is 24.4. The molecule has 0 bridgehead atoms. The van der Waals surface area contributed by atoms with Crippen molar-refractivity contribution in [1.82, 2.24) is 10.0 Å². The first-order valence-electron chi connectivity index (χ1n) is 9.07. The molecule has 2 amide bonds. The van der Waals surface area contributed by atoms with Crippen LogP contribution in [-0.4, -0.2) is 32.3 Å². The fraction of sp³-hybridized carbons (Fsp3) is 0.300. The van der Waals surface area contributed by atoms with Gasteiger partial charge < -0.3 is 10.6 Å². The predicted molar refractivity (Wildman–Crippen MR) is 109 cm³/mol. The Morgan fingerprint density at radius 3 is 2.13 bits per heavy atom. The molecular weight excluding hydrogens is 435 g/mol. The molecule has 0 atom stereocenters. The van der Waals surface area contributed by atoms with E-state index in [4.69, 9.17) is 0 Å². The summed E-state index contributed by atoms with van der Waals surface area (Å²) in [6, 6.07) is 9.12. The van der Waals surface area contributed by atoms with Gasteiger partial charge >= 0.3 is 6.18 Å². The topological polar surface area (TPSA) is 104 Å². The minimum Gasteiger partial charge on any atom is -0.347 e. The number of rotatable bonds is 6. The quantitative estimate of drug-likeness (QED) is 0.620. The van der Waals surface area contributed by atoms with Crippen molar-refractivity contribution in [1.29, 1.82) is 0 Å². The number of nitrogens with one attached hydrogen (secondary N) is 3. The van der Waals surface area contributed by atoms with Crippen LogP contribution < -0.4 is 15.4 Å². The van der Waals surface area contributed by atoms with Crippen molar-refractivity contribution < 1.29 is 31.2 Å². The number of benzene rings is 2. The summed E-state index contributed by atoms with van der Waals surface area (Å²) in [6.45, 7) is 4.81. The highest BCUT2D eigenvalue weighted by Crippen LogP contribution is 2.30. The van der Waals surface area contributed by atoms with Crippen LogP contribution in [0.3, 0.4) is 0 Å². The standard InChI is InChI=1S/C20H22F3N3O4S/c1-19(2,3)26-18(28)13-7-9-15(10-8-13)25-17(27)12-24-31(29,30)16-6-4-5-14(11-16)20(21,22)23/h4-11,24H,12H2,1-3H3,(H,25,27)(H,26,28). The highest BCUT2D eigenvalue weighted by Gasteiger charge is 2.31. The molecule has 0 saturated heterocycles. The van der Waals surface area contributed by atoms with Crippen molar-refractivity contribution >= 4 is 27.5 Å². The number of amides is 2. The van der Waals surface area contributed by atoms with Crippen molar-refractivity contribution in [2.75, 3.05) is 11.9 Å². The third-order valence-corrected chi connectivity index (χ3v) is 5.21. The summed E-state index contributed by atoms with van der Waals surface area (Å²) in [7, 11) is -4.33. The number of hydrogen-bond donors (Lipinski definition) is 3. The van der Waals surface area contributed by atoms with Crippen LogP contribution in [0.4, 0.5) is 18.9 Å². The Morgan fingerprint density at radius 2 is 1.58 bits per heavy atom. The zero-order valence-electron chi connectivity index (χ0n) is 17.0. The van der Waals surface area contributed by atoms with Crippen molar-refractivity contribution in [3.05, 3.63) is 59.7 Å². The second-order valence-electron chi connectivity index (χ2n) is 7.68. The highest BCUT2D eigenvalue weighted by atomic mass is 32.2. The lowest BCUT2D eigenvalue weighted by Crippen LogP contribution is -2.40. The molecule has 0 aromatic heterocycles. The van der Waals surface area contributed by atoms with Crippen LogP contribution in [0.15, 0.2) is 53.4 Å². The molecule has 0 fully saturated rings. The summed E-state index contributed by atoms with van der Waals surface area (Å²) in [6.07, 6.45) is -4.70. The van der Waals surface area contributed by atoms with Crippen LogP contribution in [0.2, 0.25) is 0 Å². The van der Waals surface area contributed by atoms with E-state index in [0.717, 1.165) is 18.2 Å². The molecule has 0 aliphatic heterocycles. The van der Waals surface area contributed by atoms with Gasteiger partial charge in [-0.2, -0.15) is 13.2 Å².